The van der Waals surface area contributed by atoms with Crippen LogP contribution in [0.2, 0.25) is 0 Å². The first-order valence-corrected chi connectivity index (χ1v) is 3.39. The molecule has 0 aromatic carbocycles. The molecule has 2 nitrogen and oxygen atoms in total. The molecule has 0 N–H and O–H groups in total. The predicted molar refractivity (Wildman–Crippen MR) is 35.9 cm³/mol. The lowest BCUT2D eigenvalue weighted by atomic mass is 10.7. The summed E-state index contributed by atoms with van der Waals surface area (Å²) >= 11 is 2.94. The van der Waals surface area contributed by atoms with Crippen molar-refractivity contribution in [3.05, 3.63) is 16.6 Å². The number of alkyl halides is 2. The van der Waals surface area contributed by atoms with Crippen LogP contribution < -0.4 is 0 Å². The molecule has 0 amide bonds. The lowest BCUT2D eigenvalue weighted by molar-refractivity contribution is 0.0657. The normalized spacial score (nSPS) is 10.9. The number of halogens is 3. The van der Waals surface area contributed by atoms with E-state index < -0.39 is 6.55 Å². The van der Waals surface area contributed by atoms with E-state index in [-0.39, 0.29) is 0 Å². The summed E-state index contributed by atoms with van der Waals surface area (Å²) in [5.41, 5.74) is 0. The summed E-state index contributed by atoms with van der Waals surface area (Å²) in [6.07, 6.45) is 1.35. The first kappa shape index (κ1) is 7.65. The van der Waals surface area contributed by atoms with Gasteiger partial charge in [0.25, 0.3) is 0 Å². The molecule has 1 heterocycles. The fourth-order valence-corrected chi connectivity index (χ4v) is 1.17. The highest BCUT2D eigenvalue weighted by molar-refractivity contribution is 9.10. The van der Waals surface area contributed by atoms with Crippen LogP contribution in [0.3, 0.4) is 0 Å². The van der Waals surface area contributed by atoms with Crippen molar-refractivity contribution >= 4 is 15.9 Å². The van der Waals surface area contributed by atoms with Crippen LogP contribution in [0.1, 0.15) is 12.4 Å². The van der Waals surface area contributed by atoms with Gasteiger partial charge in [0.1, 0.15) is 10.4 Å². The molecule has 0 saturated heterocycles. The van der Waals surface area contributed by atoms with Gasteiger partial charge in [0.2, 0.25) is 0 Å². The SMILES string of the molecule is Cc1ncc(Br)n1C(F)F. The van der Waals surface area contributed by atoms with Gasteiger partial charge in [-0.1, -0.05) is 0 Å². The number of imidazole rings is 1. The van der Waals surface area contributed by atoms with Crippen LogP contribution in [-0.4, -0.2) is 9.55 Å². The molecule has 0 fully saturated rings. The lowest BCUT2D eigenvalue weighted by Crippen LogP contribution is -2.00. The summed E-state index contributed by atoms with van der Waals surface area (Å²) in [4.78, 5) is 3.67. The number of aryl methyl sites for hydroxylation is 1. The molecule has 1 rings (SSSR count). The summed E-state index contributed by atoms with van der Waals surface area (Å²) in [6, 6.07) is 0. The highest BCUT2D eigenvalue weighted by Crippen LogP contribution is 2.20. The standard InChI is InChI=1S/C5H5BrF2N2/c1-3-9-2-4(6)10(3)5(7)8/h2,5H,1H3. The molecule has 0 unspecified atom stereocenters. The van der Waals surface area contributed by atoms with Gasteiger partial charge in [0, 0.05) is 0 Å². The molecule has 5 heteroatoms. The van der Waals surface area contributed by atoms with E-state index in [0.717, 1.165) is 4.57 Å². The molecule has 1 aromatic heterocycles. The molecule has 0 atom stereocenters. The number of nitrogens with zero attached hydrogens (tertiary/aromatic N) is 2. The van der Waals surface area contributed by atoms with Gasteiger partial charge in [0.05, 0.1) is 6.20 Å². The Morgan fingerprint density at radius 1 is 1.70 bits per heavy atom. The zero-order valence-electron chi connectivity index (χ0n) is 5.18. The minimum Gasteiger partial charge on any atom is -0.265 e. The summed E-state index contributed by atoms with van der Waals surface area (Å²) in [7, 11) is 0. The molecule has 0 aliphatic carbocycles. The van der Waals surface area contributed by atoms with Gasteiger partial charge in [-0.05, 0) is 22.9 Å². The monoisotopic (exact) mass is 210 g/mol. The Hall–Kier alpha value is -0.450. The van der Waals surface area contributed by atoms with Gasteiger partial charge in [-0.25, -0.2) is 4.98 Å². The van der Waals surface area contributed by atoms with Crippen molar-refractivity contribution in [2.75, 3.05) is 0 Å². The maximum absolute atomic E-state index is 12.0. The van der Waals surface area contributed by atoms with Crippen molar-refractivity contribution in [1.29, 1.82) is 0 Å². The van der Waals surface area contributed by atoms with E-state index in [4.69, 9.17) is 0 Å². The zero-order valence-corrected chi connectivity index (χ0v) is 6.77. The van der Waals surface area contributed by atoms with E-state index in [9.17, 15) is 8.78 Å². The quantitative estimate of drug-likeness (QED) is 0.696. The predicted octanol–water partition coefficient (Wildman–Crippen LogP) is 2.35. The lowest BCUT2D eigenvalue weighted by Gasteiger charge is -2.02. The number of aromatic nitrogens is 2. The molecule has 0 bridgehead atoms. The van der Waals surface area contributed by atoms with Crippen molar-refractivity contribution in [2.45, 2.75) is 13.5 Å². The van der Waals surface area contributed by atoms with Crippen LogP contribution in [-0.2, 0) is 0 Å². The highest BCUT2D eigenvalue weighted by Gasteiger charge is 2.11. The molecular weight excluding hydrogens is 206 g/mol. The first-order chi connectivity index (χ1) is 4.63. The molecule has 0 aliphatic rings. The van der Waals surface area contributed by atoms with Gasteiger partial charge in [-0.15, -0.1) is 0 Å². The zero-order chi connectivity index (χ0) is 7.72. The van der Waals surface area contributed by atoms with Crippen LogP contribution in [0.25, 0.3) is 0 Å². The Morgan fingerprint density at radius 3 is 2.50 bits per heavy atom. The second-order valence-electron chi connectivity index (χ2n) is 1.78. The minimum atomic E-state index is -2.52. The van der Waals surface area contributed by atoms with Crippen LogP contribution in [0.15, 0.2) is 10.8 Å². The average Bonchev–Trinajstić information content (AvgIpc) is 2.11. The maximum atomic E-state index is 12.0. The van der Waals surface area contributed by atoms with E-state index in [2.05, 4.69) is 20.9 Å². The summed E-state index contributed by atoms with van der Waals surface area (Å²) in [5, 5.41) is 0. The van der Waals surface area contributed by atoms with Gasteiger partial charge < -0.3 is 0 Å². The molecular formula is C5H5BrF2N2. The van der Waals surface area contributed by atoms with E-state index in [1.54, 1.807) is 0 Å². The molecule has 0 saturated carbocycles. The van der Waals surface area contributed by atoms with E-state index in [1.165, 1.54) is 13.1 Å². The largest absolute Gasteiger partial charge is 0.320 e. The molecule has 0 spiro atoms. The van der Waals surface area contributed by atoms with Gasteiger partial charge >= 0.3 is 6.55 Å². The maximum Gasteiger partial charge on any atom is 0.320 e. The number of hydrogen-bond donors (Lipinski definition) is 0. The topological polar surface area (TPSA) is 17.8 Å². The average molecular weight is 211 g/mol. The molecule has 10 heavy (non-hydrogen) atoms. The second-order valence-corrected chi connectivity index (χ2v) is 2.59. The third-order valence-electron chi connectivity index (χ3n) is 1.13. The molecule has 56 valence electrons. The minimum absolute atomic E-state index is 0.306. The van der Waals surface area contributed by atoms with Crippen molar-refractivity contribution in [1.82, 2.24) is 9.55 Å². The van der Waals surface area contributed by atoms with Crippen LogP contribution in [0.4, 0.5) is 8.78 Å². The third-order valence-corrected chi connectivity index (χ3v) is 1.72. The van der Waals surface area contributed by atoms with Gasteiger partial charge in [0.15, 0.2) is 0 Å². The molecule has 0 radical (unpaired) electrons. The Bertz CT molecular complexity index is 214. The molecule has 0 aliphatic heterocycles. The van der Waals surface area contributed by atoms with Crippen molar-refractivity contribution < 1.29 is 8.78 Å². The van der Waals surface area contributed by atoms with Crippen LogP contribution in [0, 0.1) is 6.92 Å². The Kier molecular flexibility index (Phi) is 2.03. The highest BCUT2D eigenvalue weighted by atomic mass is 79.9. The summed E-state index contributed by atoms with van der Waals surface area (Å²) in [6.45, 7) is -0.992. The Labute approximate surface area is 65.0 Å². The summed E-state index contributed by atoms with van der Waals surface area (Å²) < 4.78 is 25.1. The second kappa shape index (κ2) is 2.65. The van der Waals surface area contributed by atoms with Gasteiger partial charge in [-0.2, -0.15) is 8.78 Å². The van der Waals surface area contributed by atoms with E-state index >= 15 is 0 Å². The fourth-order valence-electron chi connectivity index (χ4n) is 0.660. The first-order valence-electron chi connectivity index (χ1n) is 2.60. The van der Waals surface area contributed by atoms with Crippen LogP contribution in [0.5, 0.6) is 0 Å². The van der Waals surface area contributed by atoms with Crippen molar-refractivity contribution in [3.63, 3.8) is 0 Å². The third kappa shape index (κ3) is 1.18. The van der Waals surface area contributed by atoms with Gasteiger partial charge in [-0.3, -0.25) is 4.57 Å². The van der Waals surface area contributed by atoms with Crippen LogP contribution >= 0.6 is 15.9 Å². The Balaban J connectivity index is 3.10. The van der Waals surface area contributed by atoms with Crippen molar-refractivity contribution in [3.8, 4) is 0 Å². The molecule has 1 aromatic rings. The Morgan fingerprint density at radius 2 is 2.30 bits per heavy atom. The fraction of sp³-hybridized carbons (Fsp3) is 0.400. The van der Waals surface area contributed by atoms with Crippen molar-refractivity contribution in [2.24, 2.45) is 0 Å². The smallest absolute Gasteiger partial charge is 0.265 e. The van der Waals surface area contributed by atoms with E-state index in [0.29, 0.717) is 10.4 Å². The van der Waals surface area contributed by atoms with E-state index in [1.807, 2.05) is 0 Å². The number of hydrogen-bond acceptors (Lipinski definition) is 1. The number of rotatable bonds is 1. The summed E-state index contributed by atoms with van der Waals surface area (Å²) in [5.74, 6) is 0.307.